The summed E-state index contributed by atoms with van der Waals surface area (Å²) in [4.78, 5) is 0. The van der Waals surface area contributed by atoms with Crippen molar-refractivity contribution < 1.29 is 0 Å². The van der Waals surface area contributed by atoms with Crippen molar-refractivity contribution in [2.75, 3.05) is 0 Å². The average Bonchev–Trinajstić information content (AvgIpc) is 2.72. The lowest BCUT2D eigenvalue weighted by molar-refractivity contribution is 0.420. The first kappa shape index (κ1) is 15.5. The molecule has 0 aliphatic carbocycles. The van der Waals surface area contributed by atoms with Gasteiger partial charge in [0.25, 0.3) is 0 Å². The number of nitrogens with zero attached hydrogens (tertiary/aromatic N) is 2. The maximum atomic E-state index is 6.22. The quantitative estimate of drug-likeness (QED) is 0.432. The molecule has 0 aliphatic heterocycles. The molecule has 18 heavy (non-hydrogen) atoms. The molecule has 0 saturated heterocycles. The Balaban J connectivity index is 2.72. The summed E-state index contributed by atoms with van der Waals surface area (Å²) >= 11 is 6.22. The summed E-state index contributed by atoms with van der Waals surface area (Å²) in [5.74, 6) is 5.67. The van der Waals surface area contributed by atoms with Gasteiger partial charge in [0.05, 0.1) is 23.0 Å². The Kier molecular flexibility index (Phi) is 6.68. The van der Waals surface area contributed by atoms with E-state index in [1.165, 1.54) is 19.3 Å². The largest absolute Gasteiger partial charge is 0.271 e. The summed E-state index contributed by atoms with van der Waals surface area (Å²) in [7, 11) is 0. The number of hydrogen-bond acceptors (Lipinski definition) is 3. The van der Waals surface area contributed by atoms with Gasteiger partial charge in [-0.25, -0.2) is 0 Å². The maximum absolute atomic E-state index is 6.22. The minimum atomic E-state index is 0.0826. The van der Waals surface area contributed by atoms with E-state index in [0.29, 0.717) is 11.1 Å². The molecule has 0 amide bonds. The lowest BCUT2D eigenvalue weighted by atomic mass is 10.0. The fraction of sp³-hybridized carbons (Fsp3) is 0.769. The number of halogens is 1. The molecule has 3 N–H and O–H groups in total. The molecule has 4 nitrogen and oxygen atoms in total. The smallest absolute Gasteiger partial charge is 0.0834 e. The minimum Gasteiger partial charge on any atom is -0.271 e. The van der Waals surface area contributed by atoms with E-state index in [9.17, 15) is 0 Å². The zero-order valence-corrected chi connectivity index (χ0v) is 12.4. The number of rotatable bonds is 8. The van der Waals surface area contributed by atoms with Gasteiger partial charge in [0.1, 0.15) is 0 Å². The molecule has 0 aromatic carbocycles. The van der Waals surface area contributed by atoms with E-state index < -0.39 is 0 Å². The minimum absolute atomic E-state index is 0.0826. The van der Waals surface area contributed by atoms with Crippen LogP contribution in [-0.4, -0.2) is 9.78 Å². The average molecular weight is 273 g/mol. The zero-order chi connectivity index (χ0) is 13.5. The second kappa shape index (κ2) is 7.77. The molecule has 1 atom stereocenters. The van der Waals surface area contributed by atoms with Crippen molar-refractivity contribution >= 4 is 11.6 Å². The summed E-state index contributed by atoms with van der Waals surface area (Å²) in [6.07, 6.45) is 7.60. The van der Waals surface area contributed by atoms with Crippen LogP contribution in [0, 0.1) is 0 Å². The lowest BCUT2D eigenvalue weighted by Gasteiger charge is -2.20. The molecule has 0 fully saturated rings. The van der Waals surface area contributed by atoms with Crippen molar-refractivity contribution in [3.8, 4) is 0 Å². The molecular formula is C13H25ClN4. The monoisotopic (exact) mass is 272 g/mol. The van der Waals surface area contributed by atoms with Crippen molar-refractivity contribution in [3.63, 3.8) is 0 Å². The van der Waals surface area contributed by atoms with Gasteiger partial charge < -0.3 is 0 Å². The van der Waals surface area contributed by atoms with Crippen molar-refractivity contribution in [3.05, 3.63) is 16.9 Å². The van der Waals surface area contributed by atoms with Gasteiger partial charge in [-0.3, -0.25) is 16.0 Å². The van der Waals surface area contributed by atoms with Crippen LogP contribution in [0.15, 0.2) is 6.20 Å². The van der Waals surface area contributed by atoms with Gasteiger partial charge in [0.2, 0.25) is 0 Å². The topological polar surface area (TPSA) is 55.9 Å². The normalized spacial score (nSPS) is 13.2. The molecule has 1 unspecified atom stereocenters. The van der Waals surface area contributed by atoms with Gasteiger partial charge in [-0.2, -0.15) is 5.10 Å². The van der Waals surface area contributed by atoms with Crippen LogP contribution in [0.25, 0.3) is 0 Å². The standard InChI is InChI=1S/C13H25ClN4/c1-4-5-6-7-8-12(17-15)13-11(14)9-16-18(13)10(2)3/h9-10,12,17H,4-8,15H2,1-3H3. The summed E-state index contributed by atoms with van der Waals surface area (Å²) < 4.78 is 1.95. The molecule has 0 radical (unpaired) electrons. The van der Waals surface area contributed by atoms with E-state index in [2.05, 4.69) is 31.3 Å². The fourth-order valence-corrected chi connectivity index (χ4v) is 2.42. The van der Waals surface area contributed by atoms with Gasteiger partial charge in [0.15, 0.2) is 0 Å². The molecule has 1 aromatic heterocycles. The van der Waals surface area contributed by atoms with Crippen LogP contribution in [0.4, 0.5) is 0 Å². The van der Waals surface area contributed by atoms with Crippen LogP contribution in [-0.2, 0) is 0 Å². The Hall–Kier alpha value is -0.580. The Morgan fingerprint density at radius 2 is 2.11 bits per heavy atom. The molecule has 1 rings (SSSR count). The second-order valence-electron chi connectivity index (χ2n) is 4.98. The molecule has 1 heterocycles. The van der Waals surface area contributed by atoms with Crippen molar-refractivity contribution in [1.29, 1.82) is 0 Å². The highest BCUT2D eigenvalue weighted by atomic mass is 35.5. The number of nitrogens with one attached hydrogen (secondary N) is 1. The van der Waals surface area contributed by atoms with Crippen LogP contribution in [0.3, 0.4) is 0 Å². The van der Waals surface area contributed by atoms with Crippen molar-refractivity contribution in [2.45, 2.75) is 65.0 Å². The van der Waals surface area contributed by atoms with Crippen LogP contribution in [0.2, 0.25) is 5.02 Å². The van der Waals surface area contributed by atoms with Crippen molar-refractivity contribution in [2.24, 2.45) is 5.84 Å². The van der Waals surface area contributed by atoms with E-state index in [-0.39, 0.29) is 6.04 Å². The van der Waals surface area contributed by atoms with E-state index in [1.54, 1.807) is 6.20 Å². The first-order chi connectivity index (χ1) is 8.61. The van der Waals surface area contributed by atoms with Crippen LogP contribution in [0.1, 0.15) is 70.7 Å². The highest BCUT2D eigenvalue weighted by molar-refractivity contribution is 6.31. The predicted molar refractivity (Wildman–Crippen MR) is 76.4 cm³/mol. The van der Waals surface area contributed by atoms with Crippen LogP contribution in [0.5, 0.6) is 0 Å². The van der Waals surface area contributed by atoms with Crippen molar-refractivity contribution in [1.82, 2.24) is 15.2 Å². The Labute approximate surface area is 115 Å². The van der Waals surface area contributed by atoms with Gasteiger partial charge in [-0.1, -0.05) is 44.2 Å². The summed E-state index contributed by atoms with van der Waals surface area (Å²) in [5.41, 5.74) is 3.88. The lowest BCUT2D eigenvalue weighted by Crippen LogP contribution is -2.30. The highest BCUT2D eigenvalue weighted by Crippen LogP contribution is 2.28. The van der Waals surface area contributed by atoms with Gasteiger partial charge >= 0.3 is 0 Å². The Morgan fingerprint density at radius 3 is 2.67 bits per heavy atom. The first-order valence-electron chi connectivity index (χ1n) is 6.80. The van der Waals surface area contributed by atoms with E-state index in [1.807, 2.05) is 4.68 Å². The molecule has 0 saturated carbocycles. The number of unbranched alkanes of at least 4 members (excludes halogenated alkanes) is 3. The number of nitrogens with two attached hydrogens (primary N) is 1. The Bertz CT molecular complexity index is 349. The van der Waals surface area contributed by atoms with E-state index in [4.69, 9.17) is 17.4 Å². The predicted octanol–water partition coefficient (Wildman–Crippen LogP) is 3.59. The number of hydrogen-bond donors (Lipinski definition) is 2. The molecule has 5 heteroatoms. The third-order valence-corrected chi connectivity index (χ3v) is 3.44. The molecule has 0 aliphatic rings. The molecule has 0 spiro atoms. The van der Waals surface area contributed by atoms with Gasteiger partial charge in [0, 0.05) is 6.04 Å². The summed E-state index contributed by atoms with van der Waals surface area (Å²) in [6, 6.07) is 0.373. The molecule has 1 aromatic rings. The third-order valence-electron chi connectivity index (χ3n) is 3.15. The van der Waals surface area contributed by atoms with E-state index >= 15 is 0 Å². The zero-order valence-electron chi connectivity index (χ0n) is 11.6. The SMILES string of the molecule is CCCCCCC(NN)c1c(Cl)cnn1C(C)C. The van der Waals surface area contributed by atoms with Gasteiger partial charge in [-0.05, 0) is 20.3 Å². The number of aromatic nitrogens is 2. The molecular weight excluding hydrogens is 248 g/mol. The Morgan fingerprint density at radius 1 is 1.39 bits per heavy atom. The first-order valence-corrected chi connectivity index (χ1v) is 7.18. The van der Waals surface area contributed by atoms with Gasteiger partial charge in [-0.15, -0.1) is 0 Å². The van der Waals surface area contributed by atoms with E-state index in [0.717, 1.165) is 18.5 Å². The summed E-state index contributed by atoms with van der Waals surface area (Å²) in [6.45, 7) is 6.40. The maximum Gasteiger partial charge on any atom is 0.0834 e. The second-order valence-corrected chi connectivity index (χ2v) is 5.39. The summed E-state index contributed by atoms with van der Waals surface area (Å²) in [5, 5.41) is 5.01. The molecule has 0 bridgehead atoms. The fourth-order valence-electron chi connectivity index (χ4n) is 2.16. The third kappa shape index (κ3) is 3.97. The van der Waals surface area contributed by atoms with Crippen LogP contribution < -0.4 is 11.3 Å². The highest BCUT2D eigenvalue weighted by Gasteiger charge is 2.20. The number of hydrazine groups is 1. The van der Waals surface area contributed by atoms with Crippen LogP contribution >= 0.6 is 11.6 Å². The molecule has 104 valence electrons.